The van der Waals surface area contributed by atoms with Crippen molar-refractivity contribution in [3.8, 4) is 0 Å². The summed E-state index contributed by atoms with van der Waals surface area (Å²) in [5.41, 5.74) is -0.114. The fraction of sp³-hybridized carbons (Fsp3) is 0.786. The summed E-state index contributed by atoms with van der Waals surface area (Å²) >= 11 is 0. The molecule has 0 unspecified atom stereocenters. The van der Waals surface area contributed by atoms with Crippen molar-refractivity contribution >= 4 is 17.8 Å². The zero-order valence-corrected chi connectivity index (χ0v) is 13.6. The molecule has 1 fully saturated rings. The van der Waals surface area contributed by atoms with Crippen LogP contribution in [0.3, 0.4) is 0 Å². The third kappa shape index (κ3) is 4.70. The molecule has 1 saturated heterocycles. The van der Waals surface area contributed by atoms with Gasteiger partial charge in [0.05, 0.1) is 0 Å². The van der Waals surface area contributed by atoms with Gasteiger partial charge in [-0.15, -0.1) is 0 Å². The molecule has 0 atom stereocenters. The zero-order valence-electron chi connectivity index (χ0n) is 13.6. The van der Waals surface area contributed by atoms with Crippen LogP contribution < -0.4 is 5.32 Å². The number of rotatable bonds is 5. The summed E-state index contributed by atoms with van der Waals surface area (Å²) in [7, 11) is 3.94. The Balaban J connectivity index is 2.57. The summed E-state index contributed by atoms with van der Waals surface area (Å²) in [5.74, 6) is -1.35. The van der Waals surface area contributed by atoms with Crippen molar-refractivity contribution in [2.75, 3.05) is 46.8 Å². The van der Waals surface area contributed by atoms with Gasteiger partial charge in [-0.25, -0.2) is 4.79 Å². The fourth-order valence-corrected chi connectivity index (χ4v) is 2.49. The van der Waals surface area contributed by atoms with Gasteiger partial charge in [0.25, 0.3) is 0 Å². The number of imide groups is 1. The third-order valence-corrected chi connectivity index (χ3v) is 3.40. The molecule has 7 heteroatoms. The van der Waals surface area contributed by atoms with E-state index in [0.717, 1.165) is 11.4 Å². The number of hydrogen-bond donors (Lipinski definition) is 1. The lowest BCUT2D eigenvalue weighted by molar-refractivity contribution is -0.153. The van der Waals surface area contributed by atoms with E-state index >= 15 is 0 Å². The van der Waals surface area contributed by atoms with Crippen LogP contribution >= 0.6 is 0 Å². The molecule has 1 aliphatic rings. The van der Waals surface area contributed by atoms with Gasteiger partial charge in [-0.3, -0.25) is 14.5 Å². The molecule has 7 nitrogen and oxygen atoms in total. The Morgan fingerprint density at radius 3 is 2.38 bits per heavy atom. The molecule has 0 aliphatic carbocycles. The van der Waals surface area contributed by atoms with E-state index in [1.807, 2.05) is 39.8 Å². The average molecular weight is 298 g/mol. The monoisotopic (exact) mass is 298 g/mol. The lowest BCUT2D eigenvalue weighted by Crippen LogP contribution is -2.58. The van der Waals surface area contributed by atoms with E-state index in [4.69, 9.17) is 0 Å². The van der Waals surface area contributed by atoms with Crippen molar-refractivity contribution in [1.29, 1.82) is 0 Å². The SMILES string of the molecule is CCN1CCN(C(=O)NCC(C)(C)CN(C)C)C(=O)C1=O. The van der Waals surface area contributed by atoms with Gasteiger partial charge in [0, 0.05) is 32.7 Å². The normalized spacial score (nSPS) is 16.7. The van der Waals surface area contributed by atoms with Crippen LogP contribution in [0.15, 0.2) is 0 Å². The first-order chi connectivity index (χ1) is 9.68. The van der Waals surface area contributed by atoms with E-state index < -0.39 is 17.8 Å². The molecule has 4 amide bonds. The summed E-state index contributed by atoms with van der Waals surface area (Å²) in [6.45, 7) is 8.27. The van der Waals surface area contributed by atoms with Crippen LogP contribution in [0.4, 0.5) is 4.79 Å². The number of nitrogens with one attached hydrogen (secondary N) is 1. The van der Waals surface area contributed by atoms with Crippen molar-refractivity contribution in [3.05, 3.63) is 0 Å². The van der Waals surface area contributed by atoms with Crippen molar-refractivity contribution in [1.82, 2.24) is 20.0 Å². The van der Waals surface area contributed by atoms with E-state index in [1.54, 1.807) is 0 Å². The van der Waals surface area contributed by atoms with E-state index in [9.17, 15) is 14.4 Å². The van der Waals surface area contributed by atoms with E-state index in [0.29, 0.717) is 19.6 Å². The highest BCUT2D eigenvalue weighted by atomic mass is 16.2. The number of piperazine rings is 1. The van der Waals surface area contributed by atoms with Crippen LogP contribution in [0.5, 0.6) is 0 Å². The highest BCUT2D eigenvalue weighted by Crippen LogP contribution is 2.14. The molecule has 1 aliphatic heterocycles. The van der Waals surface area contributed by atoms with E-state index in [1.165, 1.54) is 4.90 Å². The summed E-state index contributed by atoms with van der Waals surface area (Å²) in [5, 5.41) is 2.75. The Morgan fingerprint density at radius 2 is 1.86 bits per heavy atom. The summed E-state index contributed by atoms with van der Waals surface area (Å²) in [6.07, 6.45) is 0. The molecular formula is C14H26N4O3. The van der Waals surface area contributed by atoms with Crippen LogP contribution in [-0.2, 0) is 9.59 Å². The second-order valence-electron chi connectivity index (χ2n) is 6.40. The molecule has 0 saturated carbocycles. The minimum atomic E-state index is -0.744. The predicted molar refractivity (Wildman–Crippen MR) is 79.7 cm³/mol. The maximum atomic E-state index is 12.1. The topological polar surface area (TPSA) is 73.0 Å². The molecule has 0 spiro atoms. The minimum Gasteiger partial charge on any atom is -0.337 e. The quantitative estimate of drug-likeness (QED) is 0.724. The minimum absolute atomic E-state index is 0.114. The number of likely N-dealkylation sites (N-methyl/N-ethyl adjacent to an activating group) is 1. The van der Waals surface area contributed by atoms with Crippen molar-refractivity contribution < 1.29 is 14.4 Å². The van der Waals surface area contributed by atoms with Crippen LogP contribution in [0.25, 0.3) is 0 Å². The van der Waals surface area contributed by atoms with Gasteiger partial charge in [-0.2, -0.15) is 0 Å². The fourth-order valence-electron chi connectivity index (χ4n) is 2.49. The lowest BCUT2D eigenvalue weighted by atomic mass is 9.93. The molecular weight excluding hydrogens is 272 g/mol. The highest BCUT2D eigenvalue weighted by molar-refractivity contribution is 6.38. The first-order valence-corrected chi connectivity index (χ1v) is 7.21. The van der Waals surface area contributed by atoms with Gasteiger partial charge in [0.15, 0.2) is 0 Å². The van der Waals surface area contributed by atoms with Crippen molar-refractivity contribution in [2.45, 2.75) is 20.8 Å². The standard InChI is InChI=1S/C14H26N4O3/c1-6-17-7-8-18(12(20)11(17)19)13(21)15-9-14(2,3)10-16(4)5/h6-10H2,1-5H3,(H,15,21). The largest absolute Gasteiger partial charge is 0.337 e. The van der Waals surface area contributed by atoms with Crippen LogP contribution in [-0.4, -0.2) is 79.4 Å². The summed E-state index contributed by atoms with van der Waals surface area (Å²) in [6, 6.07) is -0.490. The summed E-state index contributed by atoms with van der Waals surface area (Å²) < 4.78 is 0. The van der Waals surface area contributed by atoms with Crippen molar-refractivity contribution in [3.63, 3.8) is 0 Å². The predicted octanol–water partition coefficient (Wildman–Crippen LogP) is -0.0255. The van der Waals surface area contributed by atoms with Crippen molar-refractivity contribution in [2.24, 2.45) is 5.41 Å². The number of urea groups is 1. The molecule has 0 bridgehead atoms. The van der Waals surface area contributed by atoms with Crippen LogP contribution in [0, 0.1) is 5.41 Å². The Hall–Kier alpha value is -1.63. The molecule has 0 aromatic carbocycles. The lowest BCUT2D eigenvalue weighted by Gasteiger charge is -2.33. The smallest absolute Gasteiger partial charge is 0.324 e. The molecule has 1 heterocycles. The first-order valence-electron chi connectivity index (χ1n) is 7.21. The van der Waals surface area contributed by atoms with Gasteiger partial charge in [-0.05, 0) is 26.4 Å². The number of nitrogens with zero attached hydrogens (tertiary/aromatic N) is 3. The molecule has 1 rings (SSSR count). The van der Waals surface area contributed by atoms with Gasteiger partial charge in [0.2, 0.25) is 0 Å². The molecule has 0 radical (unpaired) electrons. The second kappa shape index (κ2) is 6.89. The Labute approximate surface area is 126 Å². The Kier molecular flexibility index (Phi) is 5.71. The number of hydrogen-bond acceptors (Lipinski definition) is 4. The number of carbonyl (C=O) groups excluding carboxylic acids is 3. The van der Waals surface area contributed by atoms with E-state index in [-0.39, 0.29) is 12.0 Å². The maximum absolute atomic E-state index is 12.1. The van der Waals surface area contributed by atoms with Gasteiger partial charge in [0.1, 0.15) is 0 Å². The van der Waals surface area contributed by atoms with Gasteiger partial charge < -0.3 is 15.1 Å². The number of amides is 4. The summed E-state index contributed by atoms with van der Waals surface area (Å²) in [4.78, 5) is 40.3. The number of carbonyl (C=O) groups is 3. The van der Waals surface area contributed by atoms with Crippen LogP contribution in [0.1, 0.15) is 20.8 Å². The van der Waals surface area contributed by atoms with Crippen LogP contribution in [0.2, 0.25) is 0 Å². The Bertz CT molecular complexity index is 420. The molecule has 0 aromatic rings. The van der Waals surface area contributed by atoms with E-state index in [2.05, 4.69) is 5.32 Å². The zero-order chi connectivity index (χ0) is 16.2. The molecule has 0 aromatic heterocycles. The Morgan fingerprint density at radius 1 is 1.24 bits per heavy atom. The third-order valence-electron chi connectivity index (χ3n) is 3.40. The molecule has 120 valence electrons. The molecule has 1 N–H and O–H groups in total. The van der Waals surface area contributed by atoms with Gasteiger partial charge >= 0.3 is 17.8 Å². The average Bonchev–Trinajstić information content (AvgIpc) is 2.38. The molecule has 21 heavy (non-hydrogen) atoms. The maximum Gasteiger partial charge on any atom is 0.324 e. The second-order valence-corrected chi connectivity index (χ2v) is 6.40. The van der Waals surface area contributed by atoms with Gasteiger partial charge in [-0.1, -0.05) is 13.8 Å². The highest BCUT2D eigenvalue weighted by Gasteiger charge is 2.35. The first kappa shape index (κ1) is 17.4.